The fourth-order valence-electron chi connectivity index (χ4n) is 2.46. The van der Waals surface area contributed by atoms with Crippen LogP contribution >= 0.6 is 0 Å². The molecule has 0 saturated heterocycles. The number of carbonyl (C=O) groups excluding carboxylic acids is 2. The van der Waals surface area contributed by atoms with E-state index in [-0.39, 0.29) is 0 Å². The lowest BCUT2D eigenvalue weighted by molar-refractivity contribution is 0.0817. The lowest BCUT2D eigenvalue weighted by Crippen LogP contribution is -2.15. The number of allylic oxidation sites excluding steroid dienone is 1. The molecule has 0 amide bonds. The van der Waals surface area contributed by atoms with Crippen LogP contribution in [0, 0.1) is 0 Å². The summed E-state index contributed by atoms with van der Waals surface area (Å²) in [5, 5.41) is 0. The van der Waals surface area contributed by atoms with E-state index in [9.17, 15) is 9.59 Å². The summed E-state index contributed by atoms with van der Waals surface area (Å²) < 4.78 is 0. The highest BCUT2D eigenvalue weighted by Crippen LogP contribution is 2.26. The van der Waals surface area contributed by atoms with Crippen LogP contribution in [0.15, 0.2) is 48.8 Å². The molecule has 5 heteroatoms. The van der Waals surface area contributed by atoms with Crippen LogP contribution in [-0.2, 0) is 11.3 Å². The zero-order valence-electron chi connectivity index (χ0n) is 12.0. The van der Waals surface area contributed by atoms with Crippen molar-refractivity contribution in [1.82, 2.24) is 10.5 Å². The molecule has 0 unspecified atom stereocenters. The van der Waals surface area contributed by atoms with Gasteiger partial charge in [-0.05, 0) is 30.2 Å². The van der Waals surface area contributed by atoms with E-state index in [1.807, 2.05) is 12.1 Å². The van der Waals surface area contributed by atoms with Crippen LogP contribution < -0.4 is 5.48 Å². The van der Waals surface area contributed by atoms with Crippen LogP contribution in [0.1, 0.15) is 31.8 Å². The predicted octanol–water partition coefficient (Wildman–Crippen LogP) is 2.20. The summed E-state index contributed by atoms with van der Waals surface area (Å²) in [4.78, 5) is 33.3. The molecule has 1 aromatic carbocycles. The van der Waals surface area contributed by atoms with E-state index in [4.69, 9.17) is 4.84 Å². The van der Waals surface area contributed by atoms with Gasteiger partial charge in [-0.2, -0.15) is 0 Å². The number of aromatic nitrogens is 1. The third-order valence-corrected chi connectivity index (χ3v) is 3.54. The number of benzene rings is 1. The third kappa shape index (κ3) is 2.54. The van der Waals surface area contributed by atoms with Crippen molar-refractivity contribution in [2.75, 3.05) is 7.11 Å². The molecule has 0 radical (unpaired) electrons. The second-order valence-corrected chi connectivity index (χ2v) is 4.89. The van der Waals surface area contributed by atoms with Gasteiger partial charge in [0.2, 0.25) is 11.6 Å². The van der Waals surface area contributed by atoms with Crippen molar-refractivity contribution < 1.29 is 14.4 Å². The zero-order chi connectivity index (χ0) is 15.5. The fourth-order valence-corrected chi connectivity index (χ4v) is 2.46. The Balaban J connectivity index is 1.85. The normalized spacial score (nSPS) is 12.5. The molecule has 1 N–H and O–H groups in total. The quantitative estimate of drug-likeness (QED) is 0.520. The summed E-state index contributed by atoms with van der Waals surface area (Å²) in [5.41, 5.74) is 6.39. The number of hydrogen-bond acceptors (Lipinski definition) is 5. The van der Waals surface area contributed by atoms with E-state index >= 15 is 0 Å². The number of rotatable bonds is 5. The first kappa shape index (κ1) is 14.2. The van der Waals surface area contributed by atoms with Crippen LogP contribution in [0.4, 0.5) is 0 Å². The topological polar surface area (TPSA) is 68.3 Å². The second kappa shape index (κ2) is 5.91. The first-order valence-electron chi connectivity index (χ1n) is 6.82. The van der Waals surface area contributed by atoms with Gasteiger partial charge >= 0.3 is 0 Å². The van der Waals surface area contributed by atoms with E-state index in [0.717, 1.165) is 16.8 Å². The molecule has 2 aromatic rings. The minimum absolute atomic E-state index is 0.348. The van der Waals surface area contributed by atoms with Crippen LogP contribution in [0.25, 0.3) is 5.70 Å². The Hall–Kier alpha value is -2.79. The molecule has 22 heavy (non-hydrogen) atoms. The molecule has 0 aliphatic heterocycles. The molecule has 1 heterocycles. The van der Waals surface area contributed by atoms with E-state index < -0.39 is 11.6 Å². The third-order valence-electron chi connectivity index (χ3n) is 3.54. The number of nitrogens with one attached hydrogen (secondary N) is 1. The molecule has 0 bridgehead atoms. The number of nitrogens with zero attached hydrogens (tertiary/aromatic N) is 1. The van der Waals surface area contributed by atoms with E-state index in [0.29, 0.717) is 17.5 Å². The van der Waals surface area contributed by atoms with Gasteiger partial charge in [-0.25, -0.2) is 0 Å². The maximum atomic E-state index is 12.3. The summed E-state index contributed by atoms with van der Waals surface area (Å²) in [6.45, 7) is 0. The van der Waals surface area contributed by atoms with Crippen molar-refractivity contribution in [2.45, 2.75) is 6.42 Å². The summed E-state index contributed by atoms with van der Waals surface area (Å²) in [7, 11) is 1.55. The van der Waals surface area contributed by atoms with Gasteiger partial charge in [0, 0.05) is 29.1 Å². The van der Waals surface area contributed by atoms with Gasteiger partial charge in [0.25, 0.3) is 0 Å². The monoisotopic (exact) mass is 294 g/mol. The lowest BCUT2D eigenvalue weighted by Gasteiger charge is -2.08. The average molecular weight is 294 g/mol. The minimum Gasteiger partial charge on any atom is -0.285 e. The standard InChI is InChI=1S/C17H14N2O3/c1-22-19-15-5-3-12-10-13(2-4-14(12)15)17(21)16(20)11-6-8-18-9-7-11/h2,4-10,19H,3H2,1H3. The molecule has 1 aromatic heterocycles. The highest BCUT2D eigenvalue weighted by molar-refractivity contribution is 6.49. The molecule has 110 valence electrons. The van der Waals surface area contributed by atoms with Crippen molar-refractivity contribution in [1.29, 1.82) is 0 Å². The maximum absolute atomic E-state index is 12.3. The number of hydrogen-bond donors (Lipinski definition) is 1. The van der Waals surface area contributed by atoms with Crippen molar-refractivity contribution in [2.24, 2.45) is 0 Å². The van der Waals surface area contributed by atoms with E-state index in [1.54, 1.807) is 19.2 Å². The molecular formula is C17H14N2O3. The van der Waals surface area contributed by atoms with E-state index in [2.05, 4.69) is 10.5 Å². The summed E-state index contributed by atoms with van der Waals surface area (Å²) in [5.74, 6) is -1.04. The Kier molecular flexibility index (Phi) is 3.80. The lowest BCUT2D eigenvalue weighted by atomic mass is 9.98. The SMILES string of the molecule is CONC1=CCc2cc(C(=O)C(=O)c3ccncc3)ccc21. The van der Waals surface area contributed by atoms with Gasteiger partial charge in [0.05, 0.1) is 12.8 Å². The first-order chi connectivity index (χ1) is 10.7. The Morgan fingerprint density at radius 1 is 1.09 bits per heavy atom. The van der Waals surface area contributed by atoms with Crippen LogP contribution in [0.5, 0.6) is 0 Å². The van der Waals surface area contributed by atoms with Gasteiger partial charge in [0.15, 0.2) is 0 Å². The fraction of sp³-hybridized carbons (Fsp3) is 0.118. The summed E-state index contributed by atoms with van der Waals surface area (Å²) in [6, 6.07) is 8.33. The average Bonchev–Trinajstić information content (AvgIpc) is 2.97. The summed E-state index contributed by atoms with van der Waals surface area (Å²) in [6.07, 6.45) is 5.67. The van der Waals surface area contributed by atoms with Crippen LogP contribution in [-0.4, -0.2) is 23.7 Å². The molecule has 0 atom stereocenters. The molecular weight excluding hydrogens is 280 g/mol. The Morgan fingerprint density at radius 2 is 1.82 bits per heavy atom. The van der Waals surface area contributed by atoms with Gasteiger partial charge < -0.3 is 0 Å². The summed E-state index contributed by atoms with van der Waals surface area (Å²) >= 11 is 0. The highest BCUT2D eigenvalue weighted by Gasteiger charge is 2.21. The Labute approximate surface area is 127 Å². The van der Waals surface area contributed by atoms with Crippen LogP contribution in [0.3, 0.4) is 0 Å². The Bertz CT molecular complexity index is 767. The van der Waals surface area contributed by atoms with Gasteiger partial charge in [-0.15, -0.1) is 0 Å². The molecule has 0 saturated carbocycles. The molecule has 5 nitrogen and oxygen atoms in total. The highest BCUT2D eigenvalue weighted by atomic mass is 16.6. The molecule has 0 spiro atoms. The molecule has 0 fully saturated rings. The first-order valence-corrected chi connectivity index (χ1v) is 6.82. The largest absolute Gasteiger partial charge is 0.285 e. The van der Waals surface area contributed by atoms with Crippen molar-refractivity contribution in [3.05, 3.63) is 71.1 Å². The van der Waals surface area contributed by atoms with Crippen LogP contribution in [0.2, 0.25) is 0 Å². The van der Waals surface area contributed by atoms with Gasteiger partial charge in [-0.1, -0.05) is 18.2 Å². The number of ketones is 2. The number of hydroxylamine groups is 1. The van der Waals surface area contributed by atoms with Crippen molar-refractivity contribution in [3.63, 3.8) is 0 Å². The van der Waals surface area contributed by atoms with Crippen molar-refractivity contribution in [3.8, 4) is 0 Å². The smallest absolute Gasteiger partial charge is 0.233 e. The van der Waals surface area contributed by atoms with Gasteiger partial charge in [-0.3, -0.25) is 24.9 Å². The number of fused-ring (bicyclic) bond motifs is 1. The number of Topliss-reactive ketones (excluding diaryl/α,β-unsaturated/α-hetero) is 2. The number of pyridine rings is 1. The second-order valence-electron chi connectivity index (χ2n) is 4.89. The Morgan fingerprint density at radius 3 is 2.55 bits per heavy atom. The molecule has 1 aliphatic rings. The van der Waals surface area contributed by atoms with Gasteiger partial charge in [0.1, 0.15) is 0 Å². The van der Waals surface area contributed by atoms with E-state index in [1.165, 1.54) is 24.5 Å². The number of carbonyl (C=O) groups is 2. The zero-order valence-corrected chi connectivity index (χ0v) is 12.0. The molecule has 3 rings (SSSR count). The molecule has 1 aliphatic carbocycles. The van der Waals surface area contributed by atoms with Crippen molar-refractivity contribution >= 4 is 17.3 Å². The predicted molar refractivity (Wildman–Crippen MR) is 81.2 cm³/mol. The maximum Gasteiger partial charge on any atom is 0.233 e. The minimum atomic E-state index is -0.524.